The lowest BCUT2D eigenvalue weighted by Crippen LogP contribution is -2.29. The van der Waals surface area contributed by atoms with Crippen molar-refractivity contribution in [2.45, 2.75) is 4.90 Å². The van der Waals surface area contributed by atoms with Crippen molar-refractivity contribution < 1.29 is 13.2 Å². The molecule has 7 heteroatoms. The first-order chi connectivity index (χ1) is 12.0. The monoisotopic (exact) mass is 372 g/mol. The van der Waals surface area contributed by atoms with Crippen LogP contribution in [0.5, 0.6) is 0 Å². The lowest BCUT2D eigenvalue weighted by molar-refractivity contribution is -0.114. The molecule has 25 heavy (non-hydrogen) atoms. The Kier molecular flexibility index (Phi) is 4.83. The Morgan fingerprint density at radius 2 is 1.84 bits per heavy atom. The molecule has 0 bridgehead atoms. The van der Waals surface area contributed by atoms with Crippen LogP contribution in [0.2, 0.25) is 5.02 Å². The summed E-state index contributed by atoms with van der Waals surface area (Å²) in [7, 11) is -4.00. The van der Waals surface area contributed by atoms with Crippen molar-refractivity contribution in [3.8, 4) is 0 Å². The lowest BCUT2D eigenvalue weighted by Gasteiger charge is -2.08. The summed E-state index contributed by atoms with van der Waals surface area (Å²) in [5.74, 6) is -0.735. The van der Waals surface area contributed by atoms with E-state index in [9.17, 15) is 13.2 Å². The number of pyridine rings is 1. The molecule has 3 rings (SSSR count). The van der Waals surface area contributed by atoms with E-state index in [0.717, 1.165) is 11.6 Å². The Balaban J connectivity index is 1.83. The first kappa shape index (κ1) is 17.1. The normalized spacial score (nSPS) is 11.7. The number of carbonyl (C=O) groups is 1. The summed E-state index contributed by atoms with van der Waals surface area (Å²) >= 11 is 5.79. The number of rotatable bonds is 4. The molecule has 0 fully saturated rings. The second kappa shape index (κ2) is 7.04. The minimum Gasteiger partial charge on any atom is -0.269 e. The molecular formula is C18H13ClN2O3S. The van der Waals surface area contributed by atoms with Crippen LogP contribution in [0.4, 0.5) is 0 Å². The lowest BCUT2D eigenvalue weighted by atomic mass is 10.2. The molecule has 0 atom stereocenters. The SMILES string of the molecule is O=C(C=Cc1ccc(Cl)cc1)NS(=O)(=O)c1cccc2cnccc12. The second-order valence-corrected chi connectivity index (χ2v) is 7.29. The molecular weight excluding hydrogens is 360 g/mol. The molecule has 2 aromatic carbocycles. The van der Waals surface area contributed by atoms with Gasteiger partial charge in [-0.25, -0.2) is 13.1 Å². The van der Waals surface area contributed by atoms with Gasteiger partial charge in [0.15, 0.2) is 0 Å². The summed E-state index contributed by atoms with van der Waals surface area (Å²) in [6, 6.07) is 13.2. The Bertz CT molecular complexity index is 1060. The quantitative estimate of drug-likeness (QED) is 0.712. The molecule has 0 saturated carbocycles. The van der Waals surface area contributed by atoms with Crippen LogP contribution in [0.3, 0.4) is 0 Å². The Hall–Kier alpha value is -2.70. The zero-order chi connectivity index (χ0) is 17.9. The van der Waals surface area contributed by atoms with Gasteiger partial charge in [-0.3, -0.25) is 9.78 Å². The van der Waals surface area contributed by atoms with E-state index in [1.54, 1.807) is 48.7 Å². The van der Waals surface area contributed by atoms with Gasteiger partial charge in [-0.15, -0.1) is 0 Å². The molecule has 1 heterocycles. The smallest absolute Gasteiger partial charge is 0.264 e. The number of nitrogens with zero attached hydrogens (tertiary/aromatic N) is 1. The topological polar surface area (TPSA) is 76.1 Å². The zero-order valence-corrected chi connectivity index (χ0v) is 14.5. The maximum atomic E-state index is 12.5. The summed E-state index contributed by atoms with van der Waals surface area (Å²) in [5, 5.41) is 1.75. The third kappa shape index (κ3) is 4.04. The molecule has 126 valence electrons. The highest BCUT2D eigenvalue weighted by molar-refractivity contribution is 7.90. The maximum Gasteiger partial charge on any atom is 0.264 e. The van der Waals surface area contributed by atoms with Gasteiger partial charge < -0.3 is 0 Å². The molecule has 0 aliphatic heterocycles. The van der Waals surface area contributed by atoms with Gasteiger partial charge in [-0.2, -0.15) is 0 Å². The van der Waals surface area contributed by atoms with E-state index in [-0.39, 0.29) is 4.90 Å². The van der Waals surface area contributed by atoms with Crippen molar-refractivity contribution in [3.05, 3.63) is 77.6 Å². The summed E-state index contributed by atoms with van der Waals surface area (Å²) in [6.45, 7) is 0. The number of carbonyl (C=O) groups excluding carboxylic acids is 1. The highest BCUT2D eigenvalue weighted by Crippen LogP contribution is 2.21. The minimum atomic E-state index is -4.00. The summed E-state index contributed by atoms with van der Waals surface area (Å²) in [5.41, 5.74) is 0.730. The average molecular weight is 373 g/mol. The molecule has 3 aromatic rings. The van der Waals surface area contributed by atoms with Gasteiger partial charge in [0.05, 0.1) is 4.90 Å². The van der Waals surface area contributed by atoms with Gasteiger partial charge >= 0.3 is 0 Å². The van der Waals surface area contributed by atoms with Crippen molar-refractivity contribution in [2.24, 2.45) is 0 Å². The second-order valence-electron chi connectivity index (χ2n) is 5.21. The van der Waals surface area contributed by atoms with Crippen LogP contribution in [0.25, 0.3) is 16.8 Å². The molecule has 1 aromatic heterocycles. The summed E-state index contributed by atoms with van der Waals surface area (Å²) < 4.78 is 27.1. The Labute approximate surface area is 150 Å². The fourth-order valence-corrected chi connectivity index (χ4v) is 3.60. The van der Waals surface area contributed by atoms with E-state index in [2.05, 4.69) is 4.98 Å². The standard InChI is InChI=1S/C18H13ClN2O3S/c19-15-7-4-13(5-8-15)6-9-18(22)21-25(23,24)17-3-1-2-14-12-20-11-10-16(14)17/h1-12H,(H,21,22). The number of sulfonamides is 1. The van der Waals surface area contributed by atoms with Crippen LogP contribution < -0.4 is 4.72 Å². The molecule has 1 amide bonds. The van der Waals surface area contributed by atoms with Gasteiger partial charge in [0, 0.05) is 34.3 Å². The van der Waals surface area contributed by atoms with Crippen molar-refractivity contribution in [1.82, 2.24) is 9.71 Å². The van der Waals surface area contributed by atoms with Crippen molar-refractivity contribution >= 4 is 44.4 Å². The largest absolute Gasteiger partial charge is 0.269 e. The maximum absolute atomic E-state index is 12.5. The van der Waals surface area contributed by atoms with E-state index in [1.165, 1.54) is 18.3 Å². The first-order valence-corrected chi connectivity index (χ1v) is 9.15. The van der Waals surface area contributed by atoms with Gasteiger partial charge in [-0.05, 0) is 35.9 Å². The van der Waals surface area contributed by atoms with Gasteiger partial charge in [0.1, 0.15) is 0 Å². The highest BCUT2D eigenvalue weighted by atomic mass is 35.5. The fourth-order valence-electron chi connectivity index (χ4n) is 2.29. The number of benzene rings is 2. The van der Waals surface area contributed by atoms with E-state index < -0.39 is 15.9 Å². The molecule has 0 aliphatic rings. The third-order valence-corrected chi connectivity index (χ3v) is 5.12. The highest BCUT2D eigenvalue weighted by Gasteiger charge is 2.18. The van der Waals surface area contributed by atoms with Crippen LogP contribution in [0.15, 0.2) is 71.9 Å². The third-order valence-electron chi connectivity index (χ3n) is 3.46. The molecule has 1 N–H and O–H groups in total. The number of aromatic nitrogens is 1. The van der Waals surface area contributed by atoms with Gasteiger partial charge in [-0.1, -0.05) is 35.9 Å². The van der Waals surface area contributed by atoms with Crippen molar-refractivity contribution in [2.75, 3.05) is 0 Å². The Morgan fingerprint density at radius 1 is 1.08 bits per heavy atom. The number of nitrogens with one attached hydrogen (secondary N) is 1. The molecule has 0 spiro atoms. The Morgan fingerprint density at radius 3 is 2.60 bits per heavy atom. The van der Waals surface area contributed by atoms with E-state index in [4.69, 9.17) is 11.6 Å². The number of fused-ring (bicyclic) bond motifs is 1. The summed E-state index contributed by atoms with van der Waals surface area (Å²) in [6.07, 6.45) is 5.74. The molecule has 0 radical (unpaired) electrons. The minimum absolute atomic E-state index is 0.0284. The van der Waals surface area contributed by atoms with E-state index >= 15 is 0 Å². The van der Waals surface area contributed by atoms with Crippen molar-refractivity contribution in [3.63, 3.8) is 0 Å². The zero-order valence-electron chi connectivity index (χ0n) is 12.9. The number of hydrogen-bond acceptors (Lipinski definition) is 4. The van der Waals surface area contributed by atoms with E-state index in [1.807, 2.05) is 4.72 Å². The molecule has 0 saturated heterocycles. The predicted molar refractivity (Wildman–Crippen MR) is 97.6 cm³/mol. The van der Waals surface area contributed by atoms with Gasteiger partial charge in [0.2, 0.25) is 0 Å². The van der Waals surface area contributed by atoms with Crippen LogP contribution in [-0.2, 0) is 14.8 Å². The number of hydrogen-bond donors (Lipinski definition) is 1. The van der Waals surface area contributed by atoms with Crippen LogP contribution in [0, 0.1) is 0 Å². The predicted octanol–water partition coefficient (Wildman–Crippen LogP) is 3.41. The van der Waals surface area contributed by atoms with Crippen LogP contribution in [0.1, 0.15) is 5.56 Å². The van der Waals surface area contributed by atoms with E-state index in [0.29, 0.717) is 15.8 Å². The fraction of sp³-hybridized carbons (Fsp3) is 0. The molecule has 0 aliphatic carbocycles. The van der Waals surface area contributed by atoms with Crippen LogP contribution in [-0.4, -0.2) is 19.3 Å². The van der Waals surface area contributed by atoms with Crippen molar-refractivity contribution in [1.29, 1.82) is 0 Å². The summed E-state index contributed by atoms with van der Waals surface area (Å²) in [4.78, 5) is 16.0. The number of amides is 1. The first-order valence-electron chi connectivity index (χ1n) is 7.29. The average Bonchev–Trinajstić information content (AvgIpc) is 2.60. The number of halogens is 1. The van der Waals surface area contributed by atoms with Crippen LogP contribution >= 0.6 is 11.6 Å². The molecule has 5 nitrogen and oxygen atoms in total. The van der Waals surface area contributed by atoms with Gasteiger partial charge in [0.25, 0.3) is 15.9 Å². The molecule has 0 unspecified atom stereocenters.